The molecular formula is C11H14INO2. The van der Waals surface area contributed by atoms with Crippen LogP contribution in [-0.2, 0) is 12.8 Å². The number of primary amides is 1. The van der Waals surface area contributed by atoms with E-state index in [1.165, 1.54) is 0 Å². The highest BCUT2D eigenvalue weighted by Crippen LogP contribution is 2.31. The zero-order chi connectivity index (χ0) is 11.6. The standard InChI is InChI=1S/C11H14INO2/c1-3-6-5-8(11(13)15)7(4-2)10(14)9(6)12/h5,14H,3-4H2,1-2H3,(H2,13,15). The molecule has 0 bridgehead atoms. The van der Waals surface area contributed by atoms with E-state index in [1.54, 1.807) is 6.07 Å². The highest BCUT2D eigenvalue weighted by atomic mass is 127. The maximum absolute atomic E-state index is 11.2. The summed E-state index contributed by atoms with van der Waals surface area (Å²) < 4.78 is 0.817. The monoisotopic (exact) mass is 319 g/mol. The second kappa shape index (κ2) is 4.83. The van der Waals surface area contributed by atoms with Gasteiger partial charge in [0.15, 0.2) is 0 Å². The Morgan fingerprint density at radius 1 is 1.47 bits per heavy atom. The SMILES string of the molecule is CCc1cc(C(N)=O)c(CC)c(O)c1I. The van der Waals surface area contributed by atoms with E-state index in [1.807, 2.05) is 13.8 Å². The molecule has 0 saturated carbocycles. The number of phenolic OH excluding ortho intramolecular Hbond substituents is 1. The van der Waals surface area contributed by atoms with Crippen molar-refractivity contribution in [2.45, 2.75) is 26.7 Å². The summed E-state index contributed by atoms with van der Waals surface area (Å²) in [5.74, 6) is -0.278. The first kappa shape index (κ1) is 12.3. The van der Waals surface area contributed by atoms with Gasteiger partial charge in [0.2, 0.25) is 5.91 Å². The van der Waals surface area contributed by atoms with Crippen LogP contribution in [-0.4, -0.2) is 11.0 Å². The number of halogens is 1. The Morgan fingerprint density at radius 2 is 2.07 bits per heavy atom. The van der Waals surface area contributed by atoms with Gasteiger partial charge in [-0.15, -0.1) is 0 Å². The molecule has 0 radical (unpaired) electrons. The molecule has 0 aliphatic rings. The zero-order valence-corrected chi connectivity index (χ0v) is 11.0. The average Bonchev–Trinajstić information content (AvgIpc) is 2.21. The Labute approximate surface area is 103 Å². The van der Waals surface area contributed by atoms with E-state index in [0.29, 0.717) is 17.5 Å². The van der Waals surface area contributed by atoms with Crippen LogP contribution in [0.1, 0.15) is 35.3 Å². The summed E-state index contributed by atoms with van der Waals surface area (Å²) in [5, 5.41) is 9.92. The minimum absolute atomic E-state index is 0.200. The van der Waals surface area contributed by atoms with E-state index in [-0.39, 0.29) is 5.75 Å². The first-order chi connectivity index (χ1) is 7.02. The molecule has 3 nitrogen and oxygen atoms in total. The van der Waals surface area contributed by atoms with Gasteiger partial charge in [-0.3, -0.25) is 4.79 Å². The number of carbonyl (C=O) groups excluding carboxylic acids is 1. The van der Waals surface area contributed by atoms with Crippen molar-refractivity contribution >= 4 is 28.5 Å². The third kappa shape index (κ3) is 2.25. The molecule has 3 N–H and O–H groups in total. The van der Waals surface area contributed by atoms with Gasteiger partial charge in [0.25, 0.3) is 0 Å². The van der Waals surface area contributed by atoms with E-state index in [4.69, 9.17) is 5.73 Å². The lowest BCUT2D eigenvalue weighted by Crippen LogP contribution is -2.15. The molecule has 1 aromatic carbocycles. The van der Waals surface area contributed by atoms with Gasteiger partial charge in [0.1, 0.15) is 5.75 Å². The number of phenols is 1. The fourth-order valence-corrected chi connectivity index (χ4v) is 2.43. The summed E-state index contributed by atoms with van der Waals surface area (Å²) in [6, 6.07) is 1.78. The van der Waals surface area contributed by atoms with Gasteiger partial charge >= 0.3 is 0 Å². The molecular weight excluding hydrogens is 305 g/mol. The number of aromatic hydroxyl groups is 1. The summed E-state index contributed by atoms with van der Waals surface area (Å²) >= 11 is 2.09. The highest BCUT2D eigenvalue weighted by molar-refractivity contribution is 14.1. The van der Waals surface area contributed by atoms with Gasteiger partial charge in [-0.2, -0.15) is 0 Å². The number of benzene rings is 1. The van der Waals surface area contributed by atoms with Crippen LogP contribution in [0.5, 0.6) is 5.75 Å². The average molecular weight is 319 g/mol. The molecule has 0 spiro atoms. The normalized spacial score (nSPS) is 10.3. The maximum atomic E-state index is 11.2. The molecule has 0 fully saturated rings. The van der Waals surface area contributed by atoms with Gasteiger partial charge in [-0.1, -0.05) is 13.8 Å². The minimum atomic E-state index is -0.478. The van der Waals surface area contributed by atoms with E-state index in [0.717, 1.165) is 15.6 Å². The third-order valence-electron chi connectivity index (χ3n) is 2.42. The van der Waals surface area contributed by atoms with Crippen molar-refractivity contribution in [3.05, 3.63) is 26.3 Å². The Balaban J connectivity index is 3.51. The highest BCUT2D eigenvalue weighted by Gasteiger charge is 2.16. The predicted molar refractivity (Wildman–Crippen MR) is 68.1 cm³/mol. The van der Waals surface area contributed by atoms with Crippen LogP contribution in [0.25, 0.3) is 0 Å². The largest absolute Gasteiger partial charge is 0.507 e. The van der Waals surface area contributed by atoms with E-state index >= 15 is 0 Å². The second-order valence-corrected chi connectivity index (χ2v) is 4.37. The summed E-state index contributed by atoms with van der Waals surface area (Å²) in [7, 11) is 0. The lowest BCUT2D eigenvalue weighted by molar-refractivity contribution is 0.0999. The molecule has 82 valence electrons. The van der Waals surface area contributed by atoms with E-state index < -0.39 is 5.91 Å². The molecule has 4 heteroatoms. The number of carbonyl (C=O) groups is 1. The van der Waals surface area contributed by atoms with Gasteiger partial charge in [-0.05, 0) is 47.1 Å². The molecule has 1 amide bonds. The predicted octanol–water partition coefficient (Wildman–Crippen LogP) is 2.22. The van der Waals surface area contributed by atoms with E-state index in [9.17, 15) is 9.90 Å². The van der Waals surface area contributed by atoms with Crippen LogP contribution in [0.4, 0.5) is 0 Å². The van der Waals surface area contributed by atoms with Crippen LogP contribution in [0.15, 0.2) is 6.07 Å². The van der Waals surface area contributed by atoms with Crippen molar-refractivity contribution in [1.82, 2.24) is 0 Å². The van der Waals surface area contributed by atoms with Crippen molar-refractivity contribution in [2.75, 3.05) is 0 Å². The van der Waals surface area contributed by atoms with Crippen LogP contribution in [0, 0.1) is 3.57 Å². The molecule has 0 saturated heterocycles. The number of nitrogens with two attached hydrogens (primary N) is 1. The zero-order valence-electron chi connectivity index (χ0n) is 8.80. The summed E-state index contributed by atoms with van der Waals surface area (Å²) in [6.07, 6.45) is 1.38. The maximum Gasteiger partial charge on any atom is 0.249 e. The van der Waals surface area contributed by atoms with Crippen molar-refractivity contribution < 1.29 is 9.90 Å². The molecule has 0 unspecified atom stereocenters. The topological polar surface area (TPSA) is 63.3 Å². The molecule has 15 heavy (non-hydrogen) atoms. The second-order valence-electron chi connectivity index (χ2n) is 3.30. The lowest BCUT2D eigenvalue weighted by atomic mass is 9.99. The van der Waals surface area contributed by atoms with E-state index in [2.05, 4.69) is 22.6 Å². The number of hydrogen-bond donors (Lipinski definition) is 2. The van der Waals surface area contributed by atoms with Crippen molar-refractivity contribution in [3.63, 3.8) is 0 Å². The Bertz CT molecular complexity index is 402. The third-order valence-corrected chi connectivity index (χ3v) is 3.62. The molecule has 0 aliphatic heterocycles. The van der Waals surface area contributed by atoms with Crippen molar-refractivity contribution in [3.8, 4) is 5.75 Å². The Hall–Kier alpha value is -0.780. The quantitative estimate of drug-likeness (QED) is 0.839. The summed E-state index contributed by atoms with van der Waals surface area (Å²) in [5.41, 5.74) is 7.32. The first-order valence-electron chi connectivity index (χ1n) is 4.85. The lowest BCUT2D eigenvalue weighted by Gasteiger charge is -2.12. The fourth-order valence-electron chi connectivity index (χ4n) is 1.57. The molecule has 0 aliphatic carbocycles. The smallest absolute Gasteiger partial charge is 0.249 e. The molecule has 1 aromatic rings. The molecule has 0 atom stereocenters. The summed E-state index contributed by atoms with van der Waals surface area (Å²) in [6.45, 7) is 3.87. The van der Waals surface area contributed by atoms with Crippen LogP contribution < -0.4 is 5.73 Å². The Kier molecular flexibility index (Phi) is 3.96. The number of aryl methyl sites for hydroxylation is 1. The first-order valence-corrected chi connectivity index (χ1v) is 5.93. The number of amides is 1. The summed E-state index contributed by atoms with van der Waals surface area (Å²) in [4.78, 5) is 11.2. The molecule has 1 rings (SSSR count). The number of hydrogen-bond acceptors (Lipinski definition) is 2. The van der Waals surface area contributed by atoms with Crippen molar-refractivity contribution in [1.29, 1.82) is 0 Å². The van der Waals surface area contributed by atoms with Gasteiger partial charge in [0, 0.05) is 11.1 Å². The Morgan fingerprint density at radius 3 is 2.47 bits per heavy atom. The molecule has 0 aromatic heterocycles. The van der Waals surface area contributed by atoms with Crippen LogP contribution >= 0.6 is 22.6 Å². The van der Waals surface area contributed by atoms with Crippen molar-refractivity contribution in [2.24, 2.45) is 5.73 Å². The fraction of sp³-hybridized carbons (Fsp3) is 0.364. The number of rotatable bonds is 3. The van der Waals surface area contributed by atoms with Gasteiger partial charge < -0.3 is 10.8 Å². The van der Waals surface area contributed by atoms with Gasteiger partial charge in [0.05, 0.1) is 3.57 Å². The molecule has 0 heterocycles. The minimum Gasteiger partial charge on any atom is -0.507 e. The van der Waals surface area contributed by atoms with Crippen LogP contribution in [0.2, 0.25) is 0 Å². The van der Waals surface area contributed by atoms with Gasteiger partial charge in [-0.25, -0.2) is 0 Å². The van der Waals surface area contributed by atoms with Crippen LogP contribution in [0.3, 0.4) is 0 Å².